The molecule has 1 heterocycles. The Labute approximate surface area is 78.8 Å². The van der Waals surface area contributed by atoms with Crippen molar-refractivity contribution in [2.75, 3.05) is 0 Å². The topological polar surface area (TPSA) is 92.2 Å². The first-order valence-corrected chi connectivity index (χ1v) is 4.11. The number of aromatic amines is 1. The molecular weight excluding hydrogens is 188 g/mol. The van der Waals surface area contributed by atoms with Gasteiger partial charge >= 0.3 is 11.7 Å². The van der Waals surface area contributed by atoms with E-state index < -0.39 is 17.2 Å². The number of nitrogens with one attached hydrogen (secondary N) is 1. The Hall–Kier alpha value is -1.85. The number of rotatable bonds is 4. The summed E-state index contributed by atoms with van der Waals surface area (Å²) in [5, 5.41) is 8.36. The summed E-state index contributed by atoms with van der Waals surface area (Å²) >= 11 is 0. The number of aromatic nitrogens is 2. The molecule has 76 valence electrons. The number of hydrogen-bond donors (Lipinski definition) is 2. The van der Waals surface area contributed by atoms with E-state index in [1.165, 1.54) is 12.3 Å². The molecular formula is C8H10N2O4. The van der Waals surface area contributed by atoms with Crippen LogP contribution in [-0.4, -0.2) is 20.6 Å². The maximum Gasteiger partial charge on any atom is 0.328 e. The number of carboxylic acids is 1. The third kappa shape index (κ3) is 2.58. The standard InChI is InChI=1S/C8H10N2O4/c11-6-3-4-9-8(14)10(6)5-1-2-7(12)13/h3-4H,1-2,5H2,(H,9,14)(H,12,13). The lowest BCUT2D eigenvalue weighted by Crippen LogP contribution is -2.34. The van der Waals surface area contributed by atoms with Crippen molar-refractivity contribution >= 4 is 5.97 Å². The smallest absolute Gasteiger partial charge is 0.328 e. The number of carboxylic acid groups (broad SMARTS) is 1. The summed E-state index contributed by atoms with van der Waals surface area (Å²) in [6.45, 7) is 0.126. The monoisotopic (exact) mass is 198 g/mol. The number of carbonyl (C=O) groups is 1. The van der Waals surface area contributed by atoms with Crippen molar-refractivity contribution in [2.45, 2.75) is 19.4 Å². The van der Waals surface area contributed by atoms with Gasteiger partial charge < -0.3 is 10.1 Å². The lowest BCUT2D eigenvalue weighted by atomic mass is 10.3. The van der Waals surface area contributed by atoms with Gasteiger partial charge in [0.1, 0.15) is 0 Å². The highest BCUT2D eigenvalue weighted by molar-refractivity contribution is 5.66. The Morgan fingerprint density at radius 1 is 1.50 bits per heavy atom. The molecule has 14 heavy (non-hydrogen) atoms. The first kappa shape index (κ1) is 10.2. The molecule has 0 fully saturated rings. The molecule has 0 amide bonds. The summed E-state index contributed by atoms with van der Waals surface area (Å²) in [6.07, 6.45) is 1.47. The molecule has 0 radical (unpaired) electrons. The minimum atomic E-state index is -0.939. The Balaban J connectivity index is 2.72. The van der Waals surface area contributed by atoms with Gasteiger partial charge in [0.25, 0.3) is 5.56 Å². The van der Waals surface area contributed by atoms with Crippen LogP contribution in [0.5, 0.6) is 0 Å². The van der Waals surface area contributed by atoms with Crippen LogP contribution < -0.4 is 11.2 Å². The Bertz CT molecular complexity index is 403. The molecule has 6 nitrogen and oxygen atoms in total. The zero-order valence-electron chi connectivity index (χ0n) is 7.40. The van der Waals surface area contributed by atoms with E-state index in [1.807, 2.05) is 0 Å². The molecule has 0 aliphatic rings. The number of H-pyrrole nitrogens is 1. The van der Waals surface area contributed by atoms with Gasteiger partial charge in [-0.3, -0.25) is 14.2 Å². The van der Waals surface area contributed by atoms with Crippen molar-refractivity contribution in [3.8, 4) is 0 Å². The molecule has 2 N–H and O–H groups in total. The molecule has 0 bridgehead atoms. The van der Waals surface area contributed by atoms with Crippen LogP contribution in [0.15, 0.2) is 21.9 Å². The second-order valence-electron chi connectivity index (χ2n) is 2.77. The highest BCUT2D eigenvalue weighted by Crippen LogP contribution is 1.89. The number of nitrogens with zero attached hydrogens (tertiary/aromatic N) is 1. The predicted octanol–water partition coefficient (Wildman–Crippen LogP) is -0.599. The Morgan fingerprint density at radius 2 is 2.21 bits per heavy atom. The van der Waals surface area contributed by atoms with Crippen LogP contribution in [0.25, 0.3) is 0 Å². The Kier molecular flexibility index (Phi) is 3.22. The first-order chi connectivity index (χ1) is 6.61. The van der Waals surface area contributed by atoms with Crippen molar-refractivity contribution in [2.24, 2.45) is 0 Å². The number of hydrogen-bond acceptors (Lipinski definition) is 3. The van der Waals surface area contributed by atoms with Crippen molar-refractivity contribution in [1.29, 1.82) is 0 Å². The van der Waals surface area contributed by atoms with Crippen LogP contribution in [-0.2, 0) is 11.3 Å². The second-order valence-corrected chi connectivity index (χ2v) is 2.77. The van der Waals surface area contributed by atoms with Crippen LogP contribution in [0.2, 0.25) is 0 Å². The summed E-state index contributed by atoms with van der Waals surface area (Å²) in [5.41, 5.74) is -0.929. The molecule has 0 aliphatic heterocycles. The fourth-order valence-electron chi connectivity index (χ4n) is 1.05. The summed E-state index contributed by atoms with van der Waals surface area (Å²) in [6, 6.07) is 1.22. The zero-order valence-corrected chi connectivity index (χ0v) is 7.40. The maximum absolute atomic E-state index is 11.1. The predicted molar refractivity (Wildman–Crippen MR) is 48.2 cm³/mol. The van der Waals surface area contributed by atoms with Crippen LogP contribution in [0.3, 0.4) is 0 Å². The van der Waals surface area contributed by atoms with Crippen molar-refractivity contribution in [1.82, 2.24) is 9.55 Å². The van der Waals surface area contributed by atoms with Gasteiger partial charge in [0.05, 0.1) is 0 Å². The average Bonchev–Trinajstić information content (AvgIpc) is 2.09. The first-order valence-electron chi connectivity index (χ1n) is 4.11. The van der Waals surface area contributed by atoms with Crippen LogP contribution >= 0.6 is 0 Å². The zero-order chi connectivity index (χ0) is 10.6. The molecule has 0 aliphatic carbocycles. The summed E-state index contributed by atoms with van der Waals surface area (Å²) in [5.74, 6) is -0.939. The number of aliphatic carboxylic acids is 1. The molecule has 1 rings (SSSR count). The molecule has 1 aromatic heterocycles. The quantitative estimate of drug-likeness (QED) is 0.675. The molecule has 0 unspecified atom stereocenters. The normalized spacial score (nSPS) is 10.0. The lowest BCUT2D eigenvalue weighted by molar-refractivity contribution is -0.137. The highest BCUT2D eigenvalue weighted by Gasteiger charge is 2.01. The maximum atomic E-state index is 11.1. The second kappa shape index (κ2) is 4.40. The highest BCUT2D eigenvalue weighted by atomic mass is 16.4. The molecule has 0 saturated heterocycles. The van der Waals surface area contributed by atoms with Gasteiger partial charge in [0.2, 0.25) is 0 Å². The van der Waals surface area contributed by atoms with E-state index in [-0.39, 0.29) is 19.4 Å². The van der Waals surface area contributed by atoms with Gasteiger partial charge in [-0.2, -0.15) is 0 Å². The summed E-state index contributed by atoms with van der Waals surface area (Å²) < 4.78 is 0.975. The van der Waals surface area contributed by atoms with Crippen molar-refractivity contribution in [3.05, 3.63) is 33.1 Å². The van der Waals surface area contributed by atoms with E-state index in [2.05, 4.69) is 4.98 Å². The molecule has 0 spiro atoms. The van der Waals surface area contributed by atoms with Crippen LogP contribution in [0.1, 0.15) is 12.8 Å². The average molecular weight is 198 g/mol. The van der Waals surface area contributed by atoms with Gasteiger partial charge in [0.15, 0.2) is 0 Å². The molecule has 0 saturated carbocycles. The minimum absolute atomic E-state index is 0.0548. The van der Waals surface area contributed by atoms with Crippen molar-refractivity contribution < 1.29 is 9.90 Å². The van der Waals surface area contributed by atoms with Gasteiger partial charge in [-0.25, -0.2) is 4.79 Å². The molecule has 0 atom stereocenters. The SMILES string of the molecule is O=C(O)CCCn1c(=O)cc[nH]c1=O. The van der Waals surface area contributed by atoms with E-state index in [1.54, 1.807) is 0 Å². The molecule has 0 aromatic carbocycles. The third-order valence-corrected chi connectivity index (χ3v) is 1.72. The lowest BCUT2D eigenvalue weighted by Gasteiger charge is -2.00. The minimum Gasteiger partial charge on any atom is -0.481 e. The van der Waals surface area contributed by atoms with Crippen molar-refractivity contribution in [3.63, 3.8) is 0 Å². The van der Waals surface area contributed by atoms with E-state index in [4.69, 9.17) is 5.11 Å². The van der Waals surface area contributed by atoms with E-state index in [9.17, 15) is 14.4 Å². The van der Waals surface area contributed by atoms with Gasteiger partial charge in [-0.05, 0) is 6.42 Å². The molecule has 6 heteroatoms. The van der Waals surface area contributed by atoms with E-state index in [0.717, 1.165) is 4.57 Å². The van der Waals surface area contributed by atoms with E-state index >= 15 is 0 Å². The third-order valence-electron chi connectivity index (χ3n) is 1.72. The summed E-state index contributed by atoms with van der Waals surface area (Å²) in [7, 11) is 0. The van der Waals surface area contributed by atoms with E-state index in [0.29, 0.717) is 0 Å². The van der Waals surface area contributed by atoms with Gasteiger partial charge in [0, 0.05) is 25.2 Å². The van der Waals surface area contributed by atoms with Crippen LogP contribution in [0, 0.1) is 0 Å². The Morgan fingerprint density at radius 3 is 2.79 bits per heavy atom. The largest absolute Gasteiger partial charge is 0.481 e. The molecule has 1 aromatic rings. The summed E-state index contributed by atoms with van der Waals surface area (Å²) in [4.78, 5) is 34.7. The fraction of sp³-hybridized carbons (Fsp3) is 0.375. The van der Waals surface area contributed by atoms with Crippen LogP contribution in [0.4, 0.5) is 0 Å². The van der Waals surface area contributed by atoms with Gasteiger partial charge in [-0.1, -0.05) is 0 Å². The fourth-order valence-corrected chi connectivity index (χ4v) is 1.05. The van der Waals surface area contributed by atoms with Gasteiger partial charge in [-0.15, -0.1) is 0 Å².